The lowest BCUT2D eigenvalue weighted by Gasteiger charge is -2.34. The van der Waals surface area contributed by atoms with Crippen LogP contribution < -0.4 is 4.90 Å². The SMILES string of the molecule is Cc1cc(C)nc(N2CCN(S(=O)(=O)c3cccc(C(F)(F)F)c3)CC2)n1. The lowest BCUT2D eigenvalue weighted by atomic mass is 10.2. The summed E-state index contributed by atoms with van der Waals surface area (Å²) in [6.45, 7) is 4.73. The van der Waals surface area contributed by atoms with Crippen LogP contribution in [-0.2, 0) is 16.2 Å². The fourth-order valence-electron chi connectivity index (χ4n) is 2.96. The number of halogens is 3. The molecule has 2 heterocycles. The van der Waals surface area contributed by atoms with Crippen molar-refractivity contribution in [2.45, 2.75) is 24.9 Å². The van der Waals surface area contributed by atoms with Gasteiger partial charge in [0.05, 0.1) is 10.5 Å². The Bertz CT molecular complexity index is 919. The van der Waals surface area contributed by atoms with Crippen LogP contribution in [0.15, 0.2) is 35.2 Å². The van der Waals surface area contributed by atoms with Crippen molar-refractivity contribution in [3.63, 3.8) is 0 Å². The average Bonchev–Trinajstić information content (AvgIpc) is 2.60. The first-order valence-corrected chi connectivity index (χ1v) is 9.76. The number of aromatic nitrogens is 2. The third-order valence-corrected chi connectivity index (χ3v) is 6.19. The zero-order chi connectivity index (χ0) is 19.8. The van der Waals surface area contributed by atoms with Crippen LogP contribution in [0.2, 0.25) is 0 Å². The van der Waals surface area contributed by atoms with E-state index in [4.69, 9.17) is 0 Å². The molecule has 1 aliphatic heterocycles. The number of anilines is 1. The maximum absolute atomic E-state index is 12.9. The highest BCUT2D eigenvalue weighted by molar-refractivity contribution is 7.89. The van der Waals surface area contributed by atoms with E-state index in [-0.39, 0.29) is 18.0 Å². The number of sulfonamides is 1. The Hall–Kier alpha value is -2.20. The maximum Gasteiger partial charge on any atom is 0.416 e. The molecule has 3 rings (SSSR count). The Morgan fingerprint density at radius 3 is 2.11 bits per heavy atom. The van der Waals surface area contributed by atoms with Crippen LogP contribution in [0.25, 0.3) is 0 Å². The number of hydrogen-bond acceptors (Lipinski definition) is 5. The third-order valence-electron chi connectivity index (χ3n) is 4.29. The van der Waals surface area contributed by atoms with Crippen LogP contribution in [0.5, 0.6) is 0 Å². The Morgan fingerprint density at radius 2 is 1.56 bits per heavy atom. The summed E-state index contributed by atoms with van der Waals surface area (Å²) in [7, 11) is -4.00. The molecule has 0 unspecified atom stereocenters. The first kappa shape index (κ1) is 19.6. The first-order valence-electron chi connectivity index (χ1n) is 8.32. The Kier molecular flexibility index (Phi) is 5.13. The number of rotatable bonds is 3. The molecule has 1 aromatic carbocycles. The molecule has 0 spiro atoms. The van der Waals surface area contributed by atoms with Gasteiger partial charge < -0.3 is 4.90 Å². The molecular formula is C17H19F3N4O2S. The number of alkyl halides is 3. The largest absolute Gasteiger partial charge is 0.416 e. The molecule has 0 bridgehead atoms. The molecular weight excluding hydrogens is 381 g/mol. The van der Waals surface area contributed by atoms with E-state index in [9.17, 15) is 21.6 Å². The lowest BCUT2D eigenvalue weighted by molar-refractivity contribution is -0.137. The fourth-order valence-corrected chi connectivity index (χ4v) is 4.43. The summed E-state index contributed by atoms with van der Waals surface area (Å²) in [4.78, 5) is 10.2. The molecule has 0 aliphatic carbocycles. The molecule has 0 N–H and O–H groups in total. The summed E-state index contributed by atoms with van der Waals surface area (Å²) in [5.41, 5.74) is 0.652. The second-order valence-corrected chi connectivity index (χ2v) is 8.31. The molecule has 0 atom stereocenters. The minimum atomic E-state index is -4.59. The average molecular weight is 400 g/mol. The van der Waals surface area contributed by atoms with E-state index in [2.05, 4.69) is 9.97 Å². The predicted octanol–water partition coefficient (Wildman–Crippen LogP) is 2.62. The summed E-state index contributed by atoms with van der Waals surface area (Å²) in [6, 6.07) is 5.67. The lowest BCUT2D eigenvalue weighted by Crippen LogP contribution is -2.49. The van der Waals surface area contributed by atoms with Gasteiger partial charge in [-0.3, -0.25) is 0 Å². The number of benzene rings is 1. The van der Waals surface area contributed by atoms with E-state index >= 15 is 0 Å². The summed E-state index contributed by atoms with van der Waals surface area (Å²) < 4.78 is 65.3. The molecule has 146 valence electrons. The van der Waals surface area contributed by atoms with Crippen molar-refractivity contribution in [2.75, 3.05) is 31.1 Å². The van der Waals surface area contributed by atoms with Crippen molar-refractivity contribution in [3.8, 4) is 0 Å². The molecule has 1 aliphatic rings. The van der Waals surface area contributed by atoms with Gasteiger partial charge in [0.25, 0.3) is 0 Å². The number of piperazine rings is 1. The number of aryl methyl sites for hydroxylation is 2. The minimum Gasteiger partial charge on any atom is -0.338 e. The molecule has 2 aromatic rings. The Morgan fingerprint density at radius 1 is 0.963 bits per heavy atom. The van der Waals surface area contributed by atoms with Gasteiger partial charge in [0, 0.05) is 37.6 Å². The molecule has 1 saturated heterocycles. The van der Waals surface area contributed by atoms with Crippen molar-refractivity contribution in [1.29, 1.82) is 0 Å². The zero-order valence-electron chi connectivity index (χ0n) is 14.9. The van der Waals surface area contributed by atoms with Gasteiger partial charge in [-0.25, -0.2) is 18.4 Å². The van der Waals surface area contributed by atoms with E-state index in [1.165, 1.54) is 10.4 Å². The topological polar surface area (TPSA) is 66.4 Å². The normalized spacial score (nSPS) is 16.6. The van der Waals surface area contributed by atoms with Crippen LogP contribution in [0.3, 0.4) is 0 Å². The molecule has 10 heteroatoms. The third kappa shape index (κ3) is 4.22. The van der Waals surface area contributed by atoms with Gasteiger partial charge in [-0.1, -0.05) is 6.07 Å². The van der Waals surface area contributed by atoms with Crippen molar-refractivity contribution < 1.29 is 21.6 Å². The second kappa shape index (κ2) is 7.08. The maximum atomic E-state index is 12.9. The van der Waals surface area contributed by atoms with Crippen LogP contribution in [-0.4, -0.2) is 48.9 Å². The van der Waals surface area contributed by atoms with Gasteiger partial charge in [0.2, 0.25) is 16.0 Å². The monoisotopic (exact) mass is 400 g/mol. The summed E-state index contributed by atoms with van der Waals surface area (Å²) in [5, 5.41) is 0. The van der Waals surface area contributed by atoms with E-state index in [1.54, 1.807) is 0 Å². The van der Waals surface area contributed by atoms with Gasteiger partial charge >= 0.3 is 6.18 Å². The first-order chi connectivity index (χ1) is 12.6. The van der Waals surface area contributed by atoms with Crippen molar-refractivity contribution in [1.82, 2.24) is 14.3 Å². The van der Waals surface area contributed by atoms with Crippen LogP contribution in [0.1, 0.15) is 17.0 Å². The van der Waals surface area contributed by atoms with Crippen molar-refractivity contribution in [3.05, 3.63) is 47.3 Å². The van der Waals surface area contributed by atoms with Gasteiger partial charge in [-0.15, -0.1) is 0 Å². The van der Waals surface area contributed by atoms with Crippen LogP contribution in [0.4, 0.5) is 19.1 Å². The van der Waals surface area contributed by atoms with Gasteiger partial charge in [0.15, 0.2) is 0 Å². The van der Waals surface area contributed by atoms with E-state index in [0.29, 0.717) is 25.1 Å². The molecule has 0 radical (unpaired) electrons. The Labute approximate surface area is 155 Å². The molecule has 0 amide bonds. The number of nitrogens with zero attached hydrogens (tertiary/aromatic N) is 4. The molecule has 0 saturated carbocycles. The summed E-state index contributed by atoms with van der Waals surface area (Å²) in [5.74, 6) is 0.531. The van der Waals surface area contributed by atoms with E-state index < -0.39 is 21.8 Å². The highest BCUT2D eigenvalue weighted by Crippen LogP contribution is 2.31. The quantitative estimate of drug-likeness (QED) is 0.793. The second-order valence-electron chi connectivity index (χ2n) is 6.37. The molecule has 6 nitrogen and oxygen atoms in total. The van der Waals surface area contributed by atoms with Crippen LogP contribution >= 0.6 is 0 Å². The van der Waals surface area contributed by atoms with Crippen molar-refractivity contribution in [2.24, 2.45) is 0 Å². The fraction of sp³-hybridized carbons (Fsp3) is 0.412. The minimum absolute atomic E-state index is 0.148. The summed E-state index contributed by atoms with van der Waals surface area (Å²) >= 11 is 0. The summed E-state index contributed by atoms with van der Waals surface area (Å²) in [6.07, 6.45) is -4.59. The van der Waals surface area contributed by atoms with Crippen molar-refractivity contribution >= 4 is 16.0 Å². The zero-order valence-corrected chi connectivity index (χ0v) is 15.7. The highest BCUT2D eigenvalue weighted by atomic mass is 32.2. The highest BCUT2D eigenvalue weighted by Gasteiger charge is 2.34. The van der Waals surface area contributed by atoms with E-state index in [0.717, 1.165) is 23.5 Å². The standard InChI is InChI=1S/C17H19F3N4O2S/c1-12-10-13(2)22-16(21-12)23-6-8-24(9-7-23)27(25,26)15-5-3-4-14(11-15)17(18,19)20/h3-5,10-11H,6-9H2,1-2H3. The van der Waals surface area contributed by atoms with Gasteiger partial charge in [0.1, 0.15) is 0 Å². The number of hydrogen-bond donors (Lipinski definition) is 0. The Balaban J connectivity index is 1.77. The smallest absolute Gasteiger partial charge is 0.338 e. The predicted molar refractivity (Wildman–Crippen MR) is 93.9 cm³/mol. The molecule has 1 fully saturated rings. The van der Waals surface area contributed by atoms with E-state index in [1.807, 2.05) is 24.8 Å². The van der Waals surface area contributed by atoms with Crippen LogP contribution in [0, 0.1) is 13.8 Å². The van der Waals surface area contributed by atoms with Gasteiger partial charge in [-0.2, -0.15) is 17.5 Å². The van der Waals surface area contributed by atoms with Gasteiger partial charge in [-0.05, 0) is 38.1 Å². The molecule has 1 aromatic heterocycles. The molecule has 27 heavy (non-hydrogen) atoms.